The predicted octanol–water partition coefficient (Wildman–Crippen LogP) is -0.0306. The monoisotopic (exact) mass is 343 g/mol. The third-order valence-electron chi connectivity index (χ3n) is 3.92. The topological polar surface area (TPSA) is 96.4 Å². The van der Waals surface area contributed by atoms with Crippen molar-refractivity contribution >= 4 is 17.7 Å². The first-order valence-electron chi connectivity index (χ1n) is 8.14. The Kier molecular flexibility index (Phi) is 5.68. The summed E-state index contributed by atoms with van der Waals surface area (Å²) >= 11 is 0. The summed E-state index contributed by atoms with van der Waals surface area (Å²) in [7, 11) is 1.59. The molecular weight excluding hydrogens is 322 g/mol. The van der Waals surface area contributed by atoms with Gasteiger partial charge in [0.2, 0.25) is 5.95 Å². The van der Waals surface area contributed by atoms with Crippen molar-refractivity contribution in [2.75, 3.05) is 56.2 Å². The molecule has 1 aliphatic rings. The Bertz CT molecular complexity index is 690. The SMILES string of the molecule is COCCNC(=O)c1cc(N2CCN(c3ncccn3)CC2)ncn1. The van der Waals surface area contributed by atoms with Gasteiger partial charge in [0.25, 0.3) is 5.91 Å². The summed E-state index contributed by atoms with van der Waals surface area (Å²) in [5, 5.41) is 2.76. The Labute approximate surface area is 146 Å². The third kappa shape index (κ3) is 4.38. The van der Waals surface area contributed by atoms with Crippen molar-refractivity contribution in [3.63, 3.8) is 0 Å². The third-order valence-corrected chi connectivity index (χ3v) is 3.92. The molecular formula is C16H21N7O2. The summed E-state index contributed by atoms with van der Waals surface area (Å²) in [6, 6.07) is 3.52. The molecule has 1 fully saturated rings. The van der Waals surface area contributed by atoms with Gasteiger partial charge in [-0.3, -0.25) is 4.79 Å². The Morgan fingerprint density at radius 1 is 1.12 bits per heavy atom. The Hall–Kier alpha value is -2.81. The second-order valence-corrected chi connectivity index (χ2v) is 5.53. The lowest BCUT2D eigenvalue weighted by molar-refractivity contribution is 0.0932. The summed E-state index contributed by atoms with van der Waals surface area (Å²) in [6.07, 6.45) is 4.91. The van der Waals surface area contributed by atoms with Crippen LogP contribution in [0.25, 0.3) is 0 Å². The first-order chi connectivity index (χ1) is 12.3. The fourth-order valence-electron chi connectivity index (χ4n) is 2.59. The van der Waals surface area contributed by atoms with E-state index in [0.717, 1.165) is 37.9 Å². The van der Waals surface area contributed by atoms with E-state index in [1.54, 1.807) is 31.6 Å². The van der Waals surface area contributed by atoms with E-state index in [0.29, 0.717) is 18.8 Å². The van der Waals surface area contributed by atoms with Crippen LogP contribution in [0.4, 0.5) is 11.8 Å². The predicted molar refractivity (Wildman–Crippen MR) is 92.7 cm³/mol. The van der Waals surface area contributed by atoms with Crippen molar-refractivity contribution in [1.82, 2.24) is 25.3 Å². The van der Waals surface area contributed by atoms with E-state index in [-0.39, 0.29) is 5.91 Å². The van der Waals surface area contributed by atoms with Crippen LogP contribution in [0.2, 0.25) is 0 Å². The van der Waals surface area contributed by atoms with Crippen LogP contribution in [-0.2, 0) is 4.74 Å². The molecule has 9 nitrogen and oxygen atoms in total. The Morgan fingerprint density at radius 2 is 1.84 bits per heavy atom. The van der Waals surface area contributed by atoms with E-state index in [2.05, 4.69) is 35.1 Å². The molecule has 0 bridgehead atoms. The lowest BCUT2D eigenvalue weighted by Crippen LogP contribution is -2.47. The summed E-state index contributed by atoms with van der Waals surface area (Å²) < 4.78 is 4.92. The van der Waals surface area contributed by atoms with Gasteiger partial charge in [0.05, 0.1) is 6.61 Å². The van der Waals surface area contributed by atoms with E-state index in [1.807, 2.05) is 0 Å². The molecule has 1 aliphatic heterocycles. The number of ether oxygens (including phenoxy) is 1. The zero-order valence-corrected chi connectivity index (χ0v) is 14.1. The van der Waals surface area contributed by atoms with Crippen LogP contribution in [0.3, 0.4) is 0 Å². The number of nitrogens with one attached hydrogen (secondary N) is 1. The van der Waals surface area contributed by atoms with Gasteiger partial charge in [0, 0.05) is 58.3 Å². The van der Waals surface area contributed by atoms with E-state index in [9.17, 15) is 4.79 Å². The molecule has 3 heterocycles. The summed E-state index contributed by atoms with van der Waals surface area (Å²) in [4.78, 5) is 33.3. The van der Waals surface area contributed by atoms with Gasteiger partial charge in [-0.2, -0.15) is 0 Å². The molecule has 0 aromatic carbocycles. The number of anilines is 2. The Balaban J connectivity index is 1.60. The van der Waals surface area contributed by atoms with Crippen LogP contribution in [-0.4, -0.2) is 72.3 Å². The first kappa shape index (κ1) is 17.0. The number of hydrogen-bond donors (Lipinski definition) is 1. The zero-order valence-electron chi connectivity index (χ0n) is 14.1. The zero-order chi connectivity index (χ0) is 17.5. The van der Waals surface area contributed by atoms with Gasteiger partial charge in [-0.1, -0.05) is 0 Å². The lowest BCUT2D eigenvalue weighted by atomic mass is 10.3. The van der Waals surface area contributed by atoms with Crippen LogP contribution < -0.4 is 15.1 Å². The highest BCUT2D eigenvalue weighted by atomic mass is 16.5. The lowest BCUT2D eigenvalue weighted by Gasteiger charge is -2.35. The van der Waals surface area contributed by atoms with E-state index < -0.39 is 0 Å². The van der Waals surface area contributed by atoms with Crippen LogP contribution in [0, 0.1) is 0 Å². The first-order valence-corrected chi connectivity index (χ1v) is 8.14. The molecule has 0 saturated carbocycles. The summed E-state index contributed by atoms with van der Waals surface area (Å²) in [5.41, 5.74) is 0.356. The molecule has 1 saturated heterocycles. The molecule has 2 aromatic heterocycles. The molecule has 9 heteroatoms. The van der Waals surface area contributed by atoms with E-state index in [4.69, 9.17) is 4.74 Å². The molecule has 0 unspecified atom stereocenters. The normalized spacial score (nSPS) is 14.4. The number of rotatable bonds is 6. The largest absolute Gasteiger partial charge is 0.383 e. The van der Waals surface area contributed by atoms with Gasteiger partial charge in [-0.15, -0.1) is 0 Å². The Morgan fingerprint density at radius 3 is 2.56 bits per heavy atom. The average molecular weight is 343 g/mol. The second kappa shape index (κ2) is 8.34. The van der Waals surface area contributed by atoms with E-state index in [1.165, 1.54) is 6.33 Å². The number of amides is 1. The molecule has 3 rings (SSSR count). The quantitative estimate of drug-likeness (QED) is 0.731. The number of methoxy groups -OCH3 is 1. The maximum atomic E-state index is 12.1. The van der Waals surface area contributed by atoms with Gasteiger partial charge >= 0.3 is 0 Å². The number of nitrogens with zero attached hydrogens (tertiary/aromatic N) is 6. The van der Waals surface area contributed by atoms with E-state index >= 15 is 0 Å². The molecule has 25 heavy (non-hydrogen) atoms. The molecule has 1 N–H and O–H groups in total. The van der Waals surface area contributed by atoms with Crippen molar-refractivity contribution in [2.45, 2.75) is 0 Å². The molecule has 1 amide bonds. The molecule has 0 atom stereocenters. The van der Waals surface area contributed by atoms with Crippen molar-refractivity contribution in [2.24, 2.45) is 0 Å². The number of hydrogen-bond acceptors (Lipinski definition) is 8. The van der Waals surface area contributed by atoms with Gasteiger partial charge < -0.3 is 19.9 Å². The fraction of sp³-hybridized carbons (Fsp3) is 0.438. The number of carbonyl (C=O) groups excluding carboxylic acids is 1. The average Bonchev–Trinajstić information content (AvgIpc) is 2.69. The van der Waals surface area contributed by atoms with Gasteiger partial charge in [0.1, 0.15) is 17.8 Å². The number of aromatic nitrogens is 4. The minimum atomic E-state index is -0.225. The molecule has 0 aliphatic carbocycles. The van der Waals surface area contributed by atoms with Crippen LogP contribution >= 0.6 is 0 Å². The fourth-order valence-corrected chi connectivity index (χ4v) is 2.59. The minimum absolute atomic E-state index is 0.225. The van der Waals surface area contributed by atoms with Crippen molar-refractivity contribution in [3.8, 4) is 0 Å². The molecule has 0 radical (unpaired) electrons. The van der Waals surface area contributed by atoms with Crippen LogP contribution in [0.5, 0.6) is 0 Å². The molecule has 132 valence electrons. The second-order valence-electron chi connectivity index (χ2n) is 5.53. The minimum Gasteiger partial charge on any atom is -0.383 e. The van der Waals surface area contributed by atoms with Crippen molar-refractivity contribution < 1.29 is 9.53 Å². The highest BCUT2D eigenvalue weighted by Gasteiger charge is 2.20. The van der Waals surface area contributed by atoms with Crippen LogP contribution in [0.1, 0.15) is 10.5 Å². The maximum absolute atomic E-state index is 12.1. The maximum Gasteiger partial charge on any atom is 0.270 e. The number of piperazine rings is 1. The molecule has 2 aromatic rings. The smallest absolute Gasteiger partial charge is 0.270 e. The number of carbonyl (C=O) groups is 1. The highest BCUT2D eigenvalue weighted by Crippen LogP contribution is 2.16. The van der Waals surface area contributed by atoms with Crippen molar-refractivity contribution in [3.05, 3.63) is 36.5 Å². The standard InChI is InChI=1S/C16H21N7O2/c1-25-10-5-17-15(24)13-11-14(21-12-20-13)22-6-8-23(9-7-22)16-18-3-2-4-19-16/h2-4,11-12H,5-10H2,1H3,(H,17,24). The summed E-state index contributed by atoms with van der Waals surface area (Å²) in [6.45, 7) is 4.06. The van der Waals surface area contributed by atoms with Gasteiger partial charge in [-0.25, -0.2) is 19.9 Å². The van der Waals surface area contributed by atoms with Gasteiger partial charge in [0.15, 0.2) is 0 Å². The molecule has 0 spiro atoms. The van der Waals surface area contributed by atoms with Gasteiger partial charge in [-0.05, 0) is 6.07 Å². The van der Waals surface area contributed by atoms with Crippen molar-refractivity contribution in [1.29, 1.82) is 0 Å². The summed E-state index contributed by atoms with van der Waals surface area (Å²) in [5.74, 6) is 1.26. The van der Waals surface area contributed by atoms with Crippen LogP contribution in [0.15, 0.2) is 30.9 Å². The highest BCUT2D eigenvalue weighted by molar-refractivity contribution is 5.92.